The van der Waals surface area contributed by atoms with Gasteiger partial charge in [-0.3, -0.25) is 15.0 Å². The molecule has 2 bridgehead atoms. The number of nitrogens with one attached hydrogen (secondary N) is 1. The second-order valence-electron chi connectivity index (χ2n) is 9.79. The Morgan fingerprint density at radius 2 is 2.00 bits per heavy atom. The van der Waals surface area contributed by atoms with E-state index in [1.165, 1.54) is 30.5 Å². The molecule has 1 heterocycles. The molecule has 1 aliphatic heterocycles. The fraction of sp³-hybridized carbons (Fsp3) is 0.520. The van der Waals surface area contributed by atoms with Crippen molar-refractivity contribution in [3.63, 3.8) is 0 Å². The van der Waals surface area contributed by atoms with Crippen LogP contribution in [0.5, 0.6) is 0 Å². The van der Waals surface area contributed by atoms with Crippen molar-refractivity contribution < 1.29 is 4.92 Å². The molecule has 0 amide bonds. The van der Waals surface area contributed by atoms with Crippen LogP contribution in [-0.2, 0) is 18.4 Å². The van der Waals surface area contributed by atoms with Gasteiger partial charge in [-0.15, -0.1) is 0 Å². The second-order valence-corrected chi connectivity index (χ2v) is 9.79. The van der Waals surface area contributed by atoms with Crippen molar-refractivity contribution in [1.29, 1.82) is 0 Å². The first-order chi connectivity index (χ1) is 14.5. The smallest absolute Gasteiger partial charge is 0.292 e. The van der Waals surface area contributed by atoms with Crippen molar-refractivity contribution in [2.24, 2.45) is 11.8 Å². The topological polar surface area (TPSA) is 58.4 Å². The van der Waals surface area contributed by atoms with Crippen molar-refractivity contribution in [2.45, 2.75) is 57.5 Å². The number of piperidine rings is 1. The average Bonchev–Trinajstić information content (AvgIpc) is 3.56. The minimum atomic E-state index is -0.230. The molecule has 1 unspecified atom stereocenters. The third-order valence-corrected chi connectivity index (χ3v) is 7.95. The molecule has 2 fully saturated rings. The standard InChI is InChI=1S/C25H31N3O2/c1-17-23-12-20-13-24(28(29)30)22(26-15-18-6-4-3-5-7-18)14-21(20)25(17,2)10-11-27(23)16-19-8-9-19/h3-7,13-14,17,19,23,26H,8-12,15-16H2,1-2H3/t17-,23?,25-/m0/s1. The van der Waals surface area contributed by atoms with Crippen LogP contribution in [0.25, 0.3) is 0 Å². The van der Waals surface area contributed by atoms with Gasteiger partial charge in [-0.1, -0.05) is 44.2 Å². The maximum atomic E-state index is 11.9. The van der Waals surface area contributed by atoms with Crippen LogP contribution < -0.4 is 5.32 Å². The molecule has 0 radical (unpaired) electrons. The zero-order valence-corrected chi connectivity index (χ0v) is 17.9. The molecule has 3 atom stereocenters. The fourth-order valence-corrected chi connectivity index (χ4v) is 5.70. The maximum absolute atomic E-state index is 11.9. The molecule has 1 saturated heterocycles. The number of rotatable bonds is 6. The van der Waals surface area contributed by atoms with E-state index in [1.54, 1.807) is 0 Å². The summed E-state index contributed by atoms with van der Waals surface area (Å²) in [5.74, 6) is 1.43. The Bertz CT molecular complexity index is 956. The molecule has 3 aliphatic rings. The first-order valence-corrected chi connectivity index (χ1v) is 11.3. The first kappa shape index (κ1) is 19.6. The van der Waals surface area contributed by atoms with Gasteiger partial charge in [0.05, 0.1) is 4.92 Å². The van der Waals surface area contributed by atoms with Gasteiger partial charge in [0.2, 0.25) is 0 Å². The second kappa shape index (κ2) is 7.38. The molecule has 5 heteroatoms. The summed E-state index contributed by atoms with van der Waals surface area (Å²) < 4.78 is 0. The number of benzene rings is 2. The van der Waals surface area contributed by atoms with Crippen molar-refractivity contribution >= 4 is 11.4 Å². The van der Waals surface area contributed by atoms with Crippen LogP contribution >= 0.6 is 0 Å². The lowest BCUT2D eigenvalue weighted by molar-refractivity contribution is -0.384. The average molecular weight is 406 g/mol. The molecular formula is C25H31N3O2. The van der Waals surface area contributed by atoms with E-state index in [0.29, 0.717) is 24.2 Å². The molecule has 0 aromatic heterocycles. The summed E-state index contributed by atoms with van der Waals surface area (Å²) in [6.45, 7) is 7.71. The van der Waals surface area contributed by atoms with Gasteiger partial charge in [0.25, 0.3) is 5.69 Å². The first-order valence-electron chi connectivity index (χ1n) is 11.3. The highest BCUT2D eigenvalue weighted by Crippen LogP contribution is 2.51. The van der Waals surface area contributed by atoms with Crippen LogP contribution in [0.1, 0.15) is 49.8 Å². The third kappa shape index (κ3) is 3.39. The van der Waals surface area contributed by atoms with Crippen molar-refractivity contribution in [2.75, 3.05) is 18.4 Å². The van der Waals surface area contributed by atoms with Crippen LogP contribution in [0, 0.1) is 22.0 Å². The predicted octanol–water partition coefficient (Wildman–Crippen LogP) is 5.14. The molecule has 5 nitrogen and oxygen atoms in total. The summed E-state index contributed by atoms with van der Waals surface area (Å²) >= 11 is 0. The highest BCUT2D eigenvalue weighted by molar-refractivity contribution is 5.66. The number of nitro groups is 1. The molecule has 2 aromatic carbocycles. The molecule has 5 rings (SSSR count). The summed E-state index contributed by atoms with van der Waals surface area (Å²) in [6.07, 6.45) is 4.79. The number of hydrogen-bond donors (Lipinski definition) is 1. The number of nitro benzene ring substituents is 1. The summed E-state index contributed by atoms with van der Waals surface area (Å²) in [4.78, 5) is 14.3. The predicted molar refractivity (Wildman–Crippen MR) is 120 cm³/mol. The Kier molecular flexibility index (Phi) is 4.81. The van der Waals surface area contributed by atoms with Gasteiger partial charge in [0, 0.05) is 25.2 Å². The van der Waals surface area contributed by atoms with E-state index in [9.17, 15) is 10.1 Å². The van der Waals surface area contributed by atoms with Crippen LogP contribution in [-0.4, -0.2) is 29.0 Å². The Morgan fingerprint density at radius 1 is 1.23 bits per heavy atom. The Morgan fingerprint density at radius 3 is 2.70 bits per heavy atom. The van der Waals surface area contributed by atoms with E-state index < -0.39 is 0 Å². The number of anilines is 1. The number of likely N-dealkylation sites (tertiary alicyclic amines) is 1. The van der Waals surface area contributed by atoms with Gasteiger partial charge in [-0.25, -0.2) is 0 Å². The van der Waals surface area contributed by atoms with Crippen molar-refractivity contribution in [1.82, 2.24) is 4.90 Å². The number of fused-ring (bicyclic) bond motifs is 4. The molecular weight excluding hydrogens is 374 g/mol. The summed E-state index contributed by atoms with van der Waals surface area (Å²) in [7, 11) is 0. The normalized spacial score (nSPS) is 28.1. The quantitative estimate of drug-likeness (QED) is 0.534. The van der Waals surface area contributed by atoms with E-state index in [2.05, 4.69) is 30.1 Å². The van der Waals surface area contributed by atoms with Crippen molar-refractivity contribution in [3.05, 3.63) is 69.3 Å². The Balaban J connectivity index is 1.48. The van der Waals surface area contributed by atoms with Gasteiger partial charge in [0.1, 0.15) is 5.69 Å². The highest BCUT2D eigenvalue weighted by Gasteiger charge is 2.49. The zero-order chi connectivity index (χ0) is 20.9. The lowest BCUT2D eigenvalue weighted by Gasteiger charge is -2.54. The third-order valence-electron chi connectivity index (χ3n) is 7.95. The minimum absolute atomic E-state index is 0.0800. The van der Waals surface area contributed by atoms with Crippen LogP contribution in [0.2, 0.25) is 0 Å². The summed E-state index contributed by atoms with van der Waals surface area (Å²) in [6, 6.07) is 14.5. The van der Waals surface area contributed by atoms with E-state index in [4.69, 9.17) is 0 Å². The van der Waals surface area contributed by atoms with Gasteiger partial charge < -0.3 is 5.32 Å². The molecule has 1 saturated carbocycles. The van der Waals surface area contributed by atoms with Crippen LogP contribution in [0.4, 0.5) is 11.4 Å². The molecule has 30 heavy (non-hydrogen) atoms. The molecule has 2 aliphatic carbocycles. The number of hydrogen-bond acceptors (Lipinski definition) is 4. The monoisotopic (exact) mass is 405 g/mol. The Hall–Kier alpha value is -2.40. The molecule has 2 aromatic rings. The SMILES string of the molecule is C[C@H]1C2Cc3cc([N+](=O)[O-])c(NCc4ccccc4)cc3[C@@]1(C)CCN2CC1CC1. The Labute approximate surface area is 178 Å². The summed E-state index contributed by atoms with van der Waals surface area (Å²) in [5, 5.41) is 15.2. The van der Waals surface area contributed by atoms with E-state index >= 15 is 0 Å². The van der Waals surface area contributed by atoms with E-state index in [0.717, 1.165) is 30.9 Å². The van der Waals surface area contributed by atoms with Gasteiger partial charge in [-0.05, 0) is 72.2 Å². The van der Waals surface area contributed by atoms with E-state index in [1.807, 2.05) is 36.4 Å². The van der Waals surface area contributed by atoms with Gasteiger partial charge in [0.15, 0.2) is 0 Å². The largest absolute Gasteiger partial charge is 0.375 e. The van der Waals surface area contributed by atoms with Crippen LogP contribution in [0.3, 0.4) is 0 Å². The van der Waals surface area contributed by atoms with Crippen molar-refractivity contribution in [3.8, 4) is 0 Å². The zero-order valence-electron chi connectivity index (χ0n) is 17.9. The lowest BCUT2D eigenvalue weighted by Crippen LogP contribution is -2.58. The van der Waals surface area contributed by atoms with Gasteiger partial charge >= 0.3 is 0 Å². The summed E-state index contributed by atoms with van der Waals surface area (Å²) in [5.41, 5.74) is 4.55. The highest BCUT2D eigenvalue weighted by atomic mass is 16.6. The maximum Gasteiger partial charge on any atom is 0.292 e. The lowest BCUT2D eigenvalue weighted by atomic mass is 9.59. The van der Waals surface area contributed by atoms with E-state index in [-0.39, 0.29) is 16.0 Å². The number of nitrogens with zero attached hydrogens (tertiary/aromatic N) is 2. The van der Waals surface area contributed by atoms with Crippen LogP contribution in [0.15, 0.2) is 42.5 Å². The minimum Gasteiger partial charge on any atom is -0.375 e. The van der Waals surface area contributed by atoms with Gasteiger partial charge in [-0.2, -0.15) is 0 Å². The molecule has 158 valence electrons. The molecule has 0 spiro atoms. The molecule has 1 N–H and O–H groups in total. The fourth-order valence-electron chi connectivity index (χ4n) is 5.70.